The van der Waals surface area contributed by atoms with Crippen LogP contribution in [0.25, 0.3) is 0 Å². The zero-order chi connectivity index (χ0) is 16.6. The topological polar surface area (TPSA) is 47.6 Å². The highest BCUT2D eigenvalue weighted by atomic mass is 16.5. The fraction of sp³-hybridized carbons (Fsp3) is 0.550. The van der Waals surface area contributed by atoms with E-state index in [9.17, 15) is 4.79 Å². The van der Waals surface area contributed by atoms with Gasteiger partial charge < -0.3 is 14.8 Å². The molecule has 130 valence electrons. The molecule has 1 heterocycles. The highest BCUT2D eigenvalue weighted by Crippen LogP contribution is 2.20. The van der Waals surface area contributed by atoms with Crippen molar-refractivity contribution in [1.29, 1.82) is 0 Å². The second-order valence-electron chi connectivity index (χ2n) is 6.59. The van der Waals surface area contributed by atoms with E-state index in [0.717, 1.165) is 31.6 Å². The molecule has 1 aliphatic heterocycles. The normalized spacial score (nSPS) is 20.5. The molecule has 0 saturated carbocycles. The van der Waals surface area contributed by atoms with Gasteiger partial charge in [-0.3, -0.25) is 4.79 Å². The number of amides is 1. The van der Waals surface area contributed by atoms with Crippen LogP contribution in [-0.4, -0.2) is 31.8 Å². The van der Waals surface area contributed by atoms with Crippen molar-refractivity contribution in [3.05, 3.63) is 41.5 Å². The van der Waals surface area contributed by atoms with Gasteiger partial charge in [-0.1, -0.05) is 17.7 Å². The third-order valence-corrected chi connectivity index (χ3v) is 4.67. The van der Waals surface area contributed by atoms with Gasteiger partial charge in [0.25, 0.3) is 5.91 Å². The first-order valence-electron chi connectivity index (χ1n) is 9.12. The highest BCUT2D eigenvalue weighted by Gasteiger charge is 2.16. The minimum Gasteiger partial charge on any atom is -0.491 e. The maximum atomic E-state index is 12.3. The third kappa shape index (κ3) is 5.10. The number of nitrogens with one attached hydrogen (secondary N) is 1. The van der Waals surface area contributed by atoms with Gasteiger partial charge >= 0.3 is 0 Å². The molecule has 0 spiro atoms. The van der Waals surface area contributed by atoms with Gasteiger partial charge in [0.1, 0.15) is 12.4 Å². The second kappa shape index (κ2) is 8.88. The van der Waals surface area contributed by atoms with Crippen LogP contribution in [0.5, 0.6) is 5.75 Å². The fourth-order valence-electron chi connectivity index (χ4n) is 3.26. The van der Waals surface area contributed by atoms with Crippen LogP contribution in [0.3, 0.4) is 0 Å². The molecule has 4 nitrogen and oxygen atoms in total. The molecule has 1 unspecified atom stereocenters. The van der Waals surface area contributed by atoms with E-state index in [0.29, 0.717) is 18.7 Å². The first-order valence-corrected chi connectivity index (χ1v) is 9.12. The summed E-state index contributed by atoms with van der Waals surface area (Å²) < 4.78 is 11.3. The number of carbonyl (C=O) groups excluding carboxylic acids is 1. The maximum absolute atomic E-state index is 12.3. The molecule has 1 aliphatic carbocycles. The van der Waals surface area contributed by atoms with Crippen LogP contribution in [0.4, 0.5) is 0 Å². The summed E-state index contributed by atoms with van der Waals surface area (Å²) in [6.45, 7) is 2.08. The number of ether oxygens (including phenoxy) is 2. The van der Waals surface area contributed by atoms with Crippen molar-refractivity contribution in [3.63, 3.8) is 0 Å². The minimum atomic E-state index is -0.0334. The van der Waals surface area contributed by atoms with E-state index in [1.54, 1.807) is 0 Å². The first kappa shape index (κ1) is 17.0. The van der Waals surface area contributed by atoms with E-state index in [4.69, 9.17) is 9.47 Å². The Morgan fingerprint density at radius 2 is 2.25 bits per heavy atom. The van der Waals surface area contributed by atoms with Crippen molar-refractivity contribution in [2.75, 3.05) is 19.8 Å². The van der Waals surface area contributed by atoms with Gasteiger partial charge in [-0.2, -0.15) is 0 Å². The summed E-state index contributed by atoms with van der Waals surface area (Å²) >= 11 is 0. The van der Waals surface area contributed by atoms with Crippen LogP contribution in [0.1, 0.15) is 55.3 Å². The molecule has 0 aromatic heterocycles. The highest BCUT2D eigenvalue weighted by molar-refractivity contribution is 5.94. The Morgan fingerprint density at radius 1 is 1.29 bits per heavy atom. The second-order valence-corrected chi connectivity index (χ2v) is 6.59. The first-order chi connectivity index (χ1) is 11.8. The zero-order valence-corrected chi connectivity index (χ0v) is 14.3. The standard InChI is InChI=1S/C20H27NO3/c22-20(21-12-11-16-6-2-1-3-7-16)17-8-4-9-18(14-17)24-15-19-10-5-13-23-19/h4,6,8-9,14,19H,1-3,5,7,10-13,15H2,(H,21,22). The largest absolute Gasteiger partial charge is 0.491 e. The number of carbonyl (C=O) groups is 1. The quantitative estimate of drug-likeness (QED) is 0.773. The average molecular weight is 329 g/mol. The molecule has 1 aromatic carbocycles. The van der Waals surface area contributed by atoms with E-state index in [-0.39, 0.29) is 12.0 Å². The van der Waals surface area contributed by atoms with Crippen molar-refractivity contribution in [2.24, 2.45) is 0 Å². The molecule has 1 fully saturated rings. The summed E-state index contributed by atoms with van der Waals surface area (Å²) in [5.74, 6) is 0.696. The van der Waals surface area contributed by atoms with Crippen molar-refractivity contribution in [2.45, 2.75) is 51.0 Å². The number of hydrogen-bond acceptors (Lipinski definition) is 3. The van der Waals surface area contributed by atoms with Crippen LogP contribution in [0.15, 0.2) is 35.9 Å². The zero-order valence-electron chi connectivity index (χ0n) is 14.3. The molecular weight excluding hydrogens is 302 g/mol. The van der Waals surface area contributed by atoms with E-state index in [1.165, 1.54) is 31.3 Å². The predicted molar refractivity (Wildman–Crippen MR) is 94.4 cm³/mol. The fourth-order valence-corrected chi connectivity index (χ4v) is 3.26. The summed E-state index contributed by atoms with van der Waals surface area (Å²) in [5, 5.41) is 3.01. The summed E-state index contributed by atoms with van der Waals surface area (Å²) in [6, 6.07) is 7.39. The molecule has 4 heteroatoms. The van der Waals surface area contributed by atoms with Crippen LogP contribution >= 0.6 is 0 Å². The molecule has 1 N–H and O–H groups in total. The van der Waals surface area contributed by atoms with Crippen LogP contribution in [0, 0.1) is 0 Å². The number of benzene rings is 1. The predicted octanol–water partition coefficient (Wildman–Crippen LogP) is 3.86. The van der Waals surface area contributed by atoms with Crippen LogP contribution < -0.4 is 10.1 Å². The summed E-state index contributed by atoms with van der Waals surface area (Å²) in [7, 11) is 0. The lowest BCUT2D eigenvalue weighted by Gasteiger charge is -2.14. The molecule has 1 atom stereocenters. The van der Waals surface area contributed by atoms with Crippen LogP contribution in [0.2, 0.25) is 0 Å². The molecular formula is C20H27NO3. The van der Waals surface area contributed by atoms with Crippen molar-refractivity contribution in [1.82, 2.24) is 5.32 Å². The Hall–Kier alpha value is -1.81. The van der Waals surface area contributed by atoms with E-state index in [1.807, 2.05) is 24.3 Å². The number of hydrogen-bond donors (Lipinski definition) is 1. The Labute approximate surface area is 144 Å². The minimum absolute atomic E-state index is 0.0334. The van der Waals surface area contributed by atoms with E-state index >= 15 is 0 Å². The summed E-state index contributed by atoms with van der Waals surface area (Å²) in [5.41, 5.74) is 2.13. The SMILES string of the molecule is O=C(NCCC1=CCCCC1)c1cccc(OCC2CCCO2)c1. The van der Waals surface area contributed by atoms with Gasteiger partial charge in [0.15, 0.2) is 0 Å². The molecule has 3 rings (SSSR count). The third-order valence-electron chi connectivity index (χ3n) is 4.67. The molecule has 24 heavy (non-hydrogen) atoms. The van der Waals surface area contributed by atoms with Crippen LogP contribution in [-0.2, 0) is 4.74 Å². The Morgan fingerprint density at radius 3 is 3.04 bits per heavy atom. The smallest absolute Gasteiger partial charge is 0.251 e. The monoisotopic (exact) mass is 329 g/mol. The Kier molecular flexibility index (Phi) is 6.30. The van der Waals surface area contributed by atoms with Gasteiger partial charge in [-0.25, -0.2) is 0 Å². The molecule has 2 aliphatic rings. The lowest BCUT2D eigenvalue weighted by molar-refractivity contribution is 0.0679. The summed E-state index contributed by atoms with van der Waals surface area (Å²) in [6.07, 6.45) is 10.6. The van der Waals surface area contributed by atoms with E-state index < -0.39 is 0 Å². The molecule has 1 aromatic rings. The molecule has 1 amide bonds. The van der Waals surface area contributed by atoms with E-state index in [2.05, 4.69) is 11.4 Å². The lowest BCUT2D eigenvalue weighted by atomic mass is 9.97. The Bertz CT molecular complexity index is 576. The van der Waals surface area contributed by atoms with Gasteiger partial charge in [0, 0.05) is 18.7 Å². The number of allylic oxidation sites excluding steroid dienone is 1. The summed E-state index contributed by atoms with van der Waals surface area (Å²) in [4.78, 5) is 12.3. The Balaban J connectivity index is 1.45. The lowest BCUT2D eigenvalue weighted by Crippen LogP contribution is -2.25. The molecule has 1 saturated heterocycles. The van der Waals surface area contributed by atoms with Crippen molar-refractivity contribution >= 4 is 5.91 Å². The number of rotatable bonds is 7. The van der Waals surface area contributed by atoms with Gasteiger partial charge in [-0.05, 0) is 63.1 Å². The average Bonchev–Trinajstić information content (AvgIpc) is 3.15. The maximum Gasteiger partial charge on any atom is 0.251 e. The van der Waals surface area contributed by atoms with Crippen molar-refractivity contribution in [3.8, 4) is 5.75 Å². The van der Waals surface area contributed by atoms with Gasteiger partial charge in [0.05, 0.1) is 6.10 Å². The molecule has 0 bridgehead atoms. The van der Waals surface area contributed by atoms with Gasteiger partial charge in [-0.15, -0.1) is 0 Å². The van der Waals surface area contributed by atoms with Gasteiger partial charge in [0.2, 0.25) is 0 Å². The molecule has 0 radical (unpaired) electrons. The van der Waals surface area contributed by atoms with Crippen molar-refractivity contribution < 1.29 is 14.3 Å².